The molecule has 4 nitrogen and oxygen atoms in total. The van der Waals surface area contributed by atoms with Crippen molar-refractivity contribution in [3.8, 4) is 11.6 Å². The monoisotopic (exact) mass is 285 g/mol. The van der Waals surface area contributed by atoms with E-state index in [9.17, 15) is 4.39 Å². The number of hydrogen-bond donors (Lipinski definition) is 2. The number of nitrogens with two attached hydrogens (primary N) is 1. The Balaban J connectivity index is 2.01. The maximum Gasteiger partial charge on any atom is 0.230 e. The first-order valence-corrected chi connectivity index (χ1v) is 6.86. The highest BCUT2D eigenvalue weighted by atomic mass is 19.1. The van der Waals surface area contributed by atoms with Gasteiger partial charge in [0.15, 0.2) is 0 Å². The van der Waals surface area contributed by atoms with Gasteiger partial charge in [-0.15, -0.1) is 0 Å². The maximum absolute atomic E-state index is 13.3. The molecular formula is C16H16FN3O. The van der Waals surface area contributed by atoms with Gasteiger partial charge in [-0.25, -0.2) is 9.37 Å². The summed E-state index contributed by atoms with van der Waals surface area (Å²) >= 11 is 0. The minimum atomic E-state index is -0.281. The molecule has 0 atom stereocenters. The van der Waals surface area contributed by atoms with Gasteiger partial charge in [-0.3, -0.25) is 5.41 Å². The Labute approximate surface area is 122 Å². The van der Waals surface area contributed by atoms with Gasteiger partial charge in [0.2, 0.25) is 5.88 Å². The molecule has 0 spiro atoms. The molecule has 3 rings (SSSR count). The van der Waals surface area contributed by atoms with Crippen molar-refractivity contribution in [3.63, 3.8) is 0 Å². The molecule has 0 bridgehead atoms. The molecule has 108 valence electrons. The highest BCUT2D eigenvalue weighted by molar-refractivity contribution is 5.97. The fraction of sp³-hybridized carbons (Fsp3) is 0.250. The van der Waals surface area contributed by atoms with Crippen molar-refractivity contribution in [2.24, 2.45) is 5.73 Å². The van der Waals surface area contributed by atoms with Crippen LogP contribution in [0.15, 0.2) is 24.3 Å². The normalized spacial score (nSPS) is 13.0. The topological polar surface area (TPSA) is 72.0 Å². The van der Waals surface area contributed by atoms with Crippen molar-refractivity contribution in [2.75, 3.05) is 0 Å². The number of halogens is 1. The van der Waals surface area contributed by atoms with E-state index in [-0.39, 0.29) is 11.7 Å². The molecule has 0 saturated carbocycles. The second-order valence-electron chi connectivity index (χ2n) is 5.23. The summed E-state index contributed by atoms with van der Waals surface area (Å²) < 4.78 is 19.0. The Hall–Kier alpha value is -2.43. The molecule has 1 heterocycles. The van der Waals surface area contributed by atoms with Gasteiger partial charge >= 0.3 is 0 Å². The molecule has 0 aliphatic heterocycles. The average molecular weight is 285 g/mol. The number of nitrogens with one attached hydrogen (secondary N) is 1. The predicted octanol–water partition coefficient (Wildman–Crippen LogP) is 3.09. The van der Waals surface area contributed by atoms with Crippen LogP contribution in [0.1, 0.15) is 28.8 Å². The van der Waals surface area contributed by atoms with Crippen LogP contribution in [0.25, 0.3) is 0 Å². The number of rotatable bonds is 3. The first-order valence-electron chi connectivity index (χ1n) is 6.86. The van der Waals surface area contributed by atoms with Gasteiger partial charge in [-0.1, -0.05) is 0 Å². The van der Waals surface area contributed by atoms with Crippen molar-refractivity contribution < 1.29 is 9.13 Å². The molecule has 21 heavy (non-hydrogen) atoms. The number of amidine groups is 1. The summed E-state index contributed by atoms with van der Waals surface area (Å²) in [6, 6.07) is 6.38. The fourth-order valence-corrected chi connectivity index (χ4v) is 2.52. The van der Waals surface area contributed by atoms with Crippen LogP contribution in [0.2, 0.25) is 0 Å². The Morgan fingerprint density at radius 2 is 2.14 bits per heavy atom. The molecule has 3 N–H and O–H groups in total. The maximum atomic E-state index is 13.3. The largest absolute Gasteiger partial charge is 0.438 e. The average Bonchev–Trinajstić information content (AvgIpc) is 2.89. The van der Waals surface area contributed by atoms with Gasteiger partial charge in [-0.2, -0.15) is 0 Å². The zero-order chi connectivity index (χ0) is 15.0. The van der Waals surface area contributed by atoms with Crippen LogP contribution < -0.4 is 10.5 Å². The lowest BCUT2D eigenvalue weighted by molar-refractivity contribution is 0.457. The highest BCUT2D eigenvalue weighted by Gasteiger charge is 2.19. The highest BCUT2D eigenvalue weighted by Crippen LogP contribution is 2.30. The first kappa shape index (κ1) is 13.5. The lowest BCUT2D eigenvalue weighted by Crippen LogP contribution is -2.14. The summed E-state index contributed by atoms with van der Waals surface area (Å²) in [6.07, 6.45) is 2.92. The molecule has 0 radical (unpaired) electrons. The van der Waals surface area contributed by atoms with Gasteiger partial charge in [0, 0.05) is 5.69 Å². The van der Waals surface area contributed by atoms with Crippen LogP contribution in [0.3, 0.4) is 0 Å². The molecule has 0 amide bonds. The second-order valence-corrected chi connectivity index (χ2v) is 5.23. The number of nitrogen functional groups attached to an aromatic ring is 1. The summed E-state index contributed by atoms with van der Waals surface area (Å²) in [5, 5.41) is 7.68. The van der Waals surface area contributed by atoms with Crippen molar-refractivity contribution in [2.45, 2.75) is 26.2 Å². The van der Waals surface area contributed by atoms with E-state index in [0.717, 1.165) is 30.5 Å². The lowest BCUT2D eigenvalue weighted by atomic mass is 10.1. The quantitative estimate of drug-likeness (QED) is 0.672. The number of fused-ring (bicyclic) bond motifs is 1. The van der Waals surface area contributed by atoms with Gasteiger partial charge < -0.3 is 10.5 Å². The molecule has 0 fully saturated rings. The van der Waals surface area contributed by atoms with Crippen LogP contribution in [-0.4, -0.2) is 10.8 Å². The lowest BCUT2D eigenvalue weighted by Gasteiger charge is -2.12. The Kier molecular flexibility index (Phi) is 3.33. The SMILES string of the molecule is Cc1cc(Oc2nc3c(cc2C(=N)N)CCC3)ccc1F. The summed E-state index contributed by atoms with van der Waals surface area (Å²) in [6.45, 7) is 1.67. The van der Waals surface area contributed by atoms with E-state index in [2.05, 4.69) is 4.98 Å². The third-order valence-corrected chi connectivity index (χ3v) is 3.65. The summed E-state index contributed by atoms with van der Waals surface area (Å²) in [7, 11) is 0. The zero-order valence-electron chi connectivity index (χ0n) is 11.7. The molecule has 1 aromatic carbocycles. The van der Waals surface area contributed by atoms with Gasteiger partial charge in [-0.05, 0) is 61.6 Å². The van der Waals surface area contributed by atoms with Crippen LogP contribution in [0.4, 0.5) is 4.39 Å². The molecule has 1 aliphatic rings. The van der Waals surface area contributed by atoms with E-state index in [1.807, 2.05) is 6.07 Å². The molecule has 5 heteroatoms. The van der Waals surface area contributed by atoms with Crippen LogP contribution in [0.5, 0.6) is 11.6 Å². The van der Waals surface area contributed by atoms with E-state index in [4.69, 9.17) is 15.9 Å². The Morgan fingerprint density at radius 1 is 1.33 bits per heavy atom. The number of aromatic nitrogens is 1. The summed E-state index contributed by atoms with van der Waals surface area (Å²) in [5.74, 6) is 0.443. The van der Waals surface area contributed by atoms with Gasteiger partial charge in [0.1, 0.15) is 17.4 Å². The smallest absolute Gasteiger partial charge is 0.230 e. The summed E-state index contributed by atoms with van der Waals surface area (Å²) in [5.41, 5.74) is 8.72. The van der Waals surface area contributed by atoms with E-state index >= 15 is 0 Å². The molecule has 0 unspecified atom stereocenters. The van der Waals surface area contributed by atoms with E-state index < -0.39 is 0 Å². The molecule has 1 aromatic heterocycles. The van der Waals surface area contributed by atoms with Crippen LogP contribution >= 0.6 is 0 Å². The summed E-state index contributed by atoms with van der Waals surface area (Å²) in [4.78, 5) is 4.49. The molecule has 0 saturated heterocycles. The van der Waals surface area contributed by atoms with Crippen molar-refractivity contribution in [3.05, 3.63) is 52.5 Å². The van der Waals surface area contributed by atoms with Gasteiger partial charge in [0.05, 0.1) is 5.56 Å². The van der Waals surface area contributed by atoms with Crippen molar-refractivity contribution >= 4 is 5.84 Å². The van der Waals surface area contributed by atoms with Crippen LogP contribution in [0, 0.1) is 18.2 Å². The standard InChI is InChI=1S/C16H16FN3O/c1-9-7-11(5-6-13(9)17)21-16-12(15(18)19)8-10-3-2-4-14(10)20-16/h5-8H,2-4H2,1H3,(H3,18,19). The van der Waals surface area contributed by atoms with Crippen molar-refractivity contribution in [1.29, 1.82) is 5.41 Å². The predicted molar refractivity (Wildman–Crippen MR) is 78.5 cm³/mol. The third-order valence-electron chi connectivity index (χ3n) is 3.65. The number of ether oxygens (including phenoxy) is 1. The number of hydrogen-bond acceptors (Lipinski definition) is 3. The number of benzene rings is 1. The molecule has 1 aliphatic carbocycles. The Bertz CT molecular complexity index is 728. The second kappa shape index (κ2) is 5.16. The van der Waals surface area contributed by atoms with E-state index in [0.29, 0.717) is 22.8 Å². The fourth-order valence-electron chi connectivity index (χ4n) is 2.52. The zero-order valence-corrected chi connectivity index (χ0v) is 11.7. The molecular weight excluding hydrogens is 269 g/mol. The van der Waals surface area contributed by atoms with Crippen molar-refractivity contribution in [1.82, 2.24) is 4.98 Å². The Morgan fingerprint density at radius 3 is 2.86 bits per heavy atom. The number of aryl methyl sites for hydroxylation is 3. The van der Waals surface area contributed by atoms with E-state index in [1.54, 1.807) is 19.1 Å². The first-order chi connectivity index (χ1) is 10.0. The third kappa shape index (κ3) is 2.59. The minimum absolute atomic E-state index is 0.0777. The minimum Gasteiger partial charge on any atom is -0.438 e. The van der Waals surface area contributed by atoms with E-state index in [1.165, 1.54) is 6.07 Å². The molecule has 2 aromatic rings. The number of nitrogens with zero attached hydrogens (tertiary/aromatic N) is 1. The van der Waals surface area contributed by atoms with Gasteiger partial charge in [0.25, 0.3) is 0 Å². The van der Waals surface area contributed by atoms with Crippen LogP contribution in [-0.2, 0) is 12.8 Å². The number of pyridine rings is 1.